The predicted molar refractivity (Wildman–Crippen MR) is 79.6 cm³/mol. The Morgan fingerprint density at radius 2 is 2.35 bits per heavy atom. The lowest BCUT2D eigenvalue weighted by Gasteiger charge is -2.29. The first-order valence-corrected chi connectivity index (χ1v) is 7.64. The molecule has 1 fully saturated rings. The van der Waals surface area contributed by atoms with E-state index in [1.807, 2.05) is 19.1 Å². The van der Waals surface area contributed by atoms with Crippen molar-refractivity contribution in [3.05, 3.63) is 23.7 Å². The number of nitrogens with one attached hydrogen (secondary N) is 1. The van der Waals surface area contributed by atoms with Gasteiger partial charge >= 0.3 is 0 Å². The van der Waals surface area contributed by atoms with Crippen molar-refractivity contribution in [3.63, 3.8) is 0 Å². The highest BCUT2D eigenvalue weighted by molar-refractivity contribution is 5.75. The molecule has 0 aliphatic carbocycles. The molecule has 112 valence electrons. The van der Waals surface area contributed by atoms with Crippen molar-refractivity contribution in [1.29, 1.82) is 0 Å². The summed E-state index contributed by atoms with van der Waals surface area (Å²) >= 11 is 0. The second-order valence-electron chi connectivity index (χ2n) is 5.92. The van der Waals surface area contributed by atoms with E-state index < -0.39 is 0 Å². The summed E-state index contributed by atoms with van der Waals surface area (Å²) < 4.78 is 5.48. The lowest BCUT2D eigenvalue weighted by molar-refractivity contribution is -0.121. The topological polar surface area (TPSA) is 45.5 Å². The number of furan rings is 1. The summed E-state index contributed by atoms with van der Waals surface area (Å²) in [5, 5.41) is 2.98. The Labute approximate surface area is 121 Å². The third kappa shape index (κ3) is 5.00. The average Bonchev–Trinajstić information content (AvgIpc) is 2.82. The Hall–Kier alpha value is -1.29. The number of hydrogen-bond donors (Lipinski definition) is 1. The largest absolute Gasteiger partial charge is 0.466 e. The fourth-order valence-electron chi connectivity index (χ4n) is 2.88. The number of carbonyl (C=O) groups excluding carboxylic acids is 1. The summed E-state index contributed by atoms with van der Waals surface area (Å²) in [4.78, 5) is 14.2. The van der Waals surface area contributed by atoms with Crippen LogP contribution in [-0.4, -0.2) is 37.5 Å². The van der Waals surface area contributed by atoms with Gasteiger partial charge in [-0.25, -0.2) is 0 Å². The molecule has 0 aromatic carbocycles. The highest BCUT2D eigenvalue weighted by Crippen LogP contribution is 2.19. The van der Waals surface area contributed by atoms with Gasteiger partial charge < -0.3 is 14.6 Å². The number of rotatable bonds is 6. The van der Waals surface area contributed by atoms with Gasteiger partial charge in [0.05, 0.1) is 0 Å². The summed E-state index contributed by atoms with van der Waals surface area (Å²) in [5.41, 5.74) is 0. The van der Waals surface area contributed by atoms with Crippen LogP contribution in [0.2, 0.25) is 0 Å². The zero-order chi connectivity index (χ0) is 14.4. The van der Waals surface area contributed by atoms with Gasteiger partial charge in [0.15, 0.2) is 0 Å². The van der Waals surface area contributed by atoms with E-state index in [1.165, 1.54) is 19.4 Å². The first kappa shape index (κ1) is 15.1. The third-order valence-corrected chi connectivity index (χ3v) is 3.99. The minimum Gasteiger partial charge on any atom is -0.466 e. The molecule has 0 spiro atoms. The Morgan fingerprint density at radius 3 is 3.05 bits per heavy atom. The maximum absolute atomic E-state index is 11.8. The van der Waals surface area contributed by atoms with Crippen LogP contribution in [0.5, 0.6) is 0 Å². The molecule has 20 heavy (non-hydrogen) atoms. The zero-order valence-corrected chi connectivity index (χ0v) is 12.7. The Balaban J connectivity index is 1.58. The van der Waals surface area contributed by atoms with Gasteiger partial charge in [-0.1, -0.05) is 0 Å². The highest BCUT2D eigenvalue weighted by atomic mass is 16.3. The number of piperidine rings is 1. The molecule has 2 rings (SSSR count). The molecule has 1 aliphatic heterocycles. The van der Waals surface area contributed by atoms with Gasteiger partial charge in [0.25, 0.3) is 0 Å². The van der Waals surface area contributed by atoms with Crippen LogP contribution in [0.25, 0.3) is 0 Å². The Morgan fingerprint density at radius 1 is 1.50 bits per heavy atom. The van der Waals surface area contributed by atoms with E-state index in [1.54, 1.807) is 0 Å². The first-order chi connectivity index (χ1) is 9.63. The first-order valence-electron chi connectivity index (χ1n) is 7.64. The number of likely N-dealkylation sites (tertiary alicyclic amines) is 1. The molecule has 1 amide bonds. The molecule has 4 nitrogen and oxygen atoms in total. The smallest absolute Gasteiger partial charge is 0.220 e. The molecule has 4 heteroatoms. The molecular formula is C16H26N2O2. The SMILES string of the molecule is Cc1ccc(CCNC(=O)CC[C@H]2CCCN(C)C2)o1. The van der Waals surface area contributed by atoms with E-state index in [-0.39, 0.29) is 5.91 Å². The number of hydrogen-bond acceptors (Lipinski definition) is 3. The fraction of sp³-hybridized carbons (Fsp3) is 0.688. The maximum Gasteiger partial charge on any atom is 0.220 e. The van der Waals surface area contributed by atoms with Crippen LogP contribution in [0, 0.1) is 12.8 Å². The van der Waals surface area contributed by atoms with Crippen molar-refractivity contribution in [2.45, 2.75) is 39.0 Å². The summed E-state index contributed by atoms with van der Waals surface area (Å²) in [6.07, 6.45) is 4.96. The standard InChI is InChI=1S/C16H26N2O2/c1-13-5-7-15(20-13)9-10-17-16(19)8-6-14-4-3-11-18(2)12-14/h5,7,14H,3-4,6,8-12H2,1-2H3,(H,17,19)/t14-/m1/s1. The predicted octanol–water partition coefficient (Wildman–Crippen LogP) is 2.37. The molecular weight excluding hydrogens is 252 g/mol. The van der Waals surface area contributed by atoms with Crippen LogP contribution in [0.3, 0.4) is 0 Å². The van der Waals surface area contributed by atoms with Gasteiger partial charge in [-0.2, -0.15) is 0 Å². The quantitative estimate of drug-likeness (QED) is 0.869. The summed E-state index contributed by atoms with van der Waals surface area (Å²) in [7, 11) is 2.16. The molecule has 0 bridgehead atoms. The second kappa shape index (κ2) is 7.48. The van der Waals surface area contributed by atoms with Crippen LogP contribution >= 0.6 is 0 Å². The van der Waals surface area contributed by atoms with Crippen LogP contribution in [0.1, 0.15) is 37.2 Å². The van der Waals surface area contributed by atoms with E-state index in [0.717, 1.165) is 30.9 Å². The molecule has 0 unspecified atom stereocenters. The molecule has 1 atom stereocenters. The lowest BCUT2D eigenvalue weighted by Crippen LogP contribution is -2.33. The molecule has 1 saturated heterocycles. The molecule has 2 heterocycles. The van der Waals surface area contributed by atoms with E-state index in [2.05, 4.69) is 17.3 Å². The third-order valence-electron chi connectivity index (χ3n) is 3.99. The second-order valence-corrected chi connectivity index (χ2v) is 5.92. The highest BCUT2D eigenvalue weighted by Gasteiger charge is 2.17. The van der Waals surface area contributed by atoms with E-state index >= 15 is 0 Å². The van der Waals surface area contributed by atoms with Crippen molar-refractivity contribution < 1.29 is 9.21 Å². The molecule has 1 aromatic heterocycles. The number of aryl methyl sites for hydroxylation is 1. The Bertz CT molecular complexity index is 428. The van der Waals surface area contributed by atoms with E-state index in [9.17, 15) is 4.79 Å². The van der Waals surface area contributed by atoms with Gasteiger partial charge in [-0.3, -0.25) is 4.79 Å². The minimum atomic E-state index is 0.168. The van der Waals surface area contributed by atoms with Crippen LogP contribution in [0.4, 0.5) is 0 Å². The Kier molecular flexibility index (Phi) is 5.65. The van der Waals surface area contributed by atoms with Gasteiger partial charge in [-0.15, -0.1) is 0 Å². The fourth-order valence-corrected chi connectivity index (χ4v) is 2.88. The lowest BCUT2D eigenvalue weighted by atomic mass is 9.93. The van der Waals surface area contributed by atoms with E-state index in [4.69, 9.17) is 4.42 Å². The summed E-state index contributed by atoms with van der Waals surface area (Å²) in [6, 6.07) is 3.93. The van der Waals surface area contributed by atoms with Crippen molar-refractivity contribution >= 4 is 5.91 Å². The van der Waals surface area contributed by atoms with Crippen LogP contribution < -0.4 is 5.32 Å². The minimum absolute atomic E-state index is 0.168. The van der Waals surface area contributed by atoms with Crippen LogP contribution in [-0.2, 0) is 11.2 Å². The van der Waals surface area contributed by atoms with Crippen LogP contribution in [0.15, 0.2) is 16.5 Å². The van der Waals surface area contributed by atoms with E-state index in [0.29, 0.717) is 18.9 Å². The summed E-state index contributed by atoms with van der Waals surface area (Å²) in [6.45, 7) is 4.93. The molecule has 1 aromatic rings. The molecule has 1 aliphatic rings. The maximum atomic E-state index is 11.8. The van der Waals surface area contributed by atoms with Gasteiger partial charge in [0, 0.05) is 25.9 Å². The number of amides is 1. The summed E-state index contributed by atoms with van der Waals surface area (Å²) in [5.74, 6) is 2.72. The number of carbonyl (C=O) groups is 1. The monoisotopic (exact) mass is 278 g/mol. The normalized spacial score (nSPS) is 20.0. The van der Waals surface area contributed by atoms with Gasteiger partial charge in [0.1, 0.15) is 11.5 Å². The van der Waals surface area contributed by atoms with Crippen molar-refractivity contribution in [3.8, 4) is 0 Å². The molecule has 0 saturated carbocycles. The van der Waals surface area contributed by atoms with Crippen molar-refractivity contribution in [1.82, 2.24) is 10.2 Å². The number of nitrogens with zero attached hydrogens (tertiary/aromatic N) is 1. The van der Waals surface area contributed by atoms with Gasteiger partial charge in [0.2, 0.25) is 5.91 Å². The van der Waals surface area contributed by atoms with Crippen molar-refractivity contribution in [2.24, 2.45) is 5.92 Å². The zero-order valence-electron chi connectivity index (χ0n) is 12.7. The average molecular weight is 278 g/mol. The molecule has 0 radical (unpaired) electrons. The van der Waals surface area contributed by atoms with Gasteiger partial charge in [-0.05, 0) is 57.8 Å². The van der Waals surface area contributed by atoms with Crippen molar-refractivity contribution in [2.75, 3.05) is 26.7 Å². The molecule has 1 N–H and O–H groups in total.